The second kappa shape index (κ2) is 5.84. The molecule has 0 fully saturated rings. The molecule has 0 spiro atoms. The Bertz CT molecular complexity index is 641. The standard InChI is InChI=1S/C14H9Br2FO2/c1-19-12-6-5-8(7-11(12)16)14(18)9-3-2-4-10(15)13(9)17/h2-7H,1H3. The zero-order chi connectivity index (χ0) is 14.0. The maximum Gasteiger partial charge on any atom is 0.196 e. The molecule has 98 valence electrons. The normalized spacial score (nSPS) is 10.3. The van der Waals surface area contributed by atoms with Gasteiger partial charge in [0, 0.05) is 5.56 Å². The van der Waals surface area contributed by atoms with Crippen molar-refractivity contribution in [1.29, 1.82) is 0 Å². The van der Waals surface area contributed by atoms with Gasteiger partial charge in [0.1, 0.15) is 11.6 Å². The Kier molecular flexibility index (Phi) is 4.37. The average Bonchev–Trinajstić information content (AvgIpc) is 2.41. The van der Waals surface area contributed by atoms with Crippen LogP contribution in [0.1, 0.15) is 15.9 Å². The van der Waals surface area contributed by atoms with Crippen LogP contribution < -0.4 is 4.74 Å². The van der Waals surface area contributed by atoms with Gasteiger partial charge in [-0.15, -0.1) is 0 Å². The van der Waals surface area contributed by atoms with Crippen molar-refractivity contribution >= 4 is 37.6 Å². The van der Waals surface area contributed by atoms with Crippen LogP contribution in [0, 0.1) is 5.82 Å². The molecule has 0 heterocycles. The van der Waals surface area contributed by atoms with E-state index in [4.69, 9.17) is 4.74 Å². The molecule has 2 aromatic carbocycles. The van der Waals surface area contributed by atoms with Crippen LogP contribution in [0.5, 0.6) is 5.75 Å². The van der Waals surface area contributed by atoms with Crippen molar-refractivity contribution in [1.82, 2.24) is 0 Å². The Labute approximate surface area is 126 Å². The summed E-state index contributed by atoms with van der Waals surface area (Å²) >= 11 is 6.37. The molecule has 5 heteroatoms. The number of carbonyl (C=O) groups is 1. The van der Waals surface area contributed by atoms with Crippen molar-refractivity contribution in [2.45, 2.75) is 0 Å². The summed E-state index contributed by atoms with van der Waals surface area (Å²) < 4.78 is 19.9. The molecule has 0 radical (unpaired) electrons. The summed E-state index contributed by atoms with van der Waals surface area (Å²) in [5, 5.41) is 0. The molecule has 2 nitrogen and oxygen atoms in total. The number of ketones is 1. The summed E-state index contributed by atoms with van der Waals surface area (Å²) in [5.41, 5.74) is 0.427. The topological polar surface area (TPSA) is 26.3 Å². The number of methoxy groups -OCH3 is 1. The van der Waals surface area contributed by atoms with E-state index in [1.165, 1.54) is 13.2 Å². The molecule has 0 aromatic heterocycles. The lowest BCUT2D eigenvalue weighted by molar-refractivity contribution is 0.103. The minimum absolute atomic E-state index is 0.0337. The summed E-state index contributed by atoms with van der Waals surface area (Å²) in [4.78, 5) is 12.2. The first-order chi connectivity index (χ1) is 9.04. The van der Waals surface area contributed by atoms with Crippen LogP contribution in [-0.4, -0.2) is 12.9 Å². The molecule has 0 aliphatic carbocycles. The lowest BCUT2D eigenvalue weighted by Crippen LogP contribution is -2.05. The van der Waals surface area contributed by atoms with E-state index in [-0.39, 0.29) is 15.8 Å². The van der Waals surface area contributed by atoms with Crippen molar-refractivity contribution < 1.29 is 13.9 Å². The van der Waals surface area contributed by atoms with E-state index >= 15 is 0 Å². The fraction of sp³-hybridized carbons (Fsp3) is 0.0714. The van der Waals surface area contributed by atoms with Gasteiger partial charge < -0.3 is 4.74 Å². The fourth-order valence-corrected chi connectivity index (χ4v) is 2.55. The molecule has 0 aliphatic rings. The molecular weight excluding hydrogens is 379 g/mol. The first kappa shape index (κ1) is 14.2. The zero-order valence-corrected chi connectivity index (χ0v) is 13.1. The molecule has 0 bridgehead atoms. The van der Waals surface area contributed by atoms with Gasteiger partial charge in [-0.1, -0.05) is 6.07 Å². The second-order valence-electron chi connectivity index (χ2n) is 3.78. The summed E-state index contributed by atoms with van der Waals surface area (Å²) in [7, 11) is 1.54. The smallest absolute Gasteiger partial charge is 0.196 e. The molecule has 19 heavy (non-hydrogen) atoms. The van der Waals surface area contributed by atoms with E-state index in [1.807, 2.05) is 0 Å². The highest BCUT2D eigenvalue weighted by molar-refractivity contribution is 9.10. The van der Waals surface area contributed by atoms with Gasteiger partial charge in [0.2, 0.25) is 0 Å². The Morgan fingerprint density at radius 3 is 2.53 bits per heavy atom. The van der Waals surface area contributed by atoms with Gasteiger partial charge in [-0.05, 0) is 62.2 Å². The number of benzene rings is 2. The molecule has 2 aromatic rings. The number of ether oxygens (including phenoxy) is 1. The highest BCUT2D eigenvalue weighted by Crippen LogP contribution is 2.27. The second-order valence-corrected chi connectivity index (χ2v) is 5.49. The van der Waals surface area contributed by atoms with Crippen LogP contribution in [0.2, 0.25) is 0 Å². The number of carbonyl (C=O) groups excluding carboxylic acids is 1. The molecule has 0 saturated carbocycles. The maximum atomic E-state index is 13.9. The minimum atomic E-state index is -0.556. The van der Waals surface area contributed by atoms with Crippen molar-refractivity contribution in [3.8, 4) is 5.75 Å². The SMILES string of the molecule is COc1ccc(C(=O)c2cccc(Br)c2F)cc1Br. The van der Waals surface area contributed by atoms with Crippen LogP contribution >= 0.6 is 31.9 Å². The summed E-state index contributed by atoms with van der Waals surface area (Å²) in [6.07, 6.45) is 0. The van der Waals surface area contributed by atoms with Crippen molar-refractivity contribution in [3.05, 3.63) is 62.3 Å². The van der Waals surface area contributed by atoms with Gasteiger partial charge in [0.15, 0.2) is 5.78 Å². The predicted molar refractivity (Wildman–Crippen MR) is 78.2 cm³/mol. The first-order valence-electron chi connectivity index (χ1n) is 5.37. The number of rotatable bonds is 3. The third-order valence-corrected chi connectivity index (χ3v) is 3.84. The van der Waals surface area contributed by atoms with Gasteiger partial charge >= 0.3 is 0 Å². The highest BCUT2D eigenvalue weighted by atomic mass is 79.9. The van der Waals surface area contributed by atoms with Gasteiger partial charge in [-0.2, -0.15) is 0 Å². The first-order valence-corrected chi connectivity index (χ1v) is 6.95. The Morgan fingerprint density at radius 1 is 1.16 bits per heavy atom. The Hall–Kier alpha value is -1.20. The van der Waals surface area contributed by atoms with Crippen molar-refractivity contribution in [3.63, 3.8) is 0 Å². The largest absolute Gasteiger partial charge is 0.496 e. The van der Waals surface area contributed by atoms with Crippen molar-refractivity contribution in [2.75, 3.05) is 7.11 Å². The lowest BCUT2D eigenvalue weighted by atomic mass is 10.0. The number of hydrogen-bond donors (Lipinski definition) is 0. The molecular formula is C14H9Br2FO2. The molecule has 0 aliphatic heterocycles. The summed E-state index contributed by atoms with van der Waals surface area (Å²) in [6, 6.07) is 9.51. The minimum Gasteiger partial charge on any atom is -0.496 e. The zero-order valence-electron chi connectivity index (χ0n) is 9.91. The molecule has 0 N–H and O–H groups in total. The van der Waals surface area contributed by atoms with Crippen LogP contribution in [0.25, 0.3) is 0 Å². The fourth-order valence-electron chi connectivity index (χ4n) is 1.64. The maximum absolute atomic E-state index is 13.9. The third kappa shape index (κ3) is 2.87. The van der Waals surface area contributed by atoms with Crippen LogP contribution in [0.15, 0.2) is 45.3 Å². The average molecular weight is 388 g/mol. The molecule has 0 amide bonds. The van der Waals surface area contributed by atoms with Gasteiger partial charge in [0.25, 0.3) is 0 Å². The molecule has 0 atom stereocenters. The molecule has 2 rings (SSSR count). The van der Waals surface area contributed by atoms with Crippen LogP contribution in [-0.2, 0) is 0 Å². The Morgan fingerprint density at radius 2 is 1.89 bits per heavy atom. The number of halogens is 3. The van der Waals surface area contributed by atoms with Gasteiger partial charge in [0.05, 0.1) is 21.6 Å². The van der Waals surface area contributed by atoms with E-state index in [0.717, 1.165) is 0 Å². The molecule has 0 saturated heterocycles. The van der Waals surface area contributed by atoms with Crippen LogP contribution in [0.3, 0.4) is 0 Å². The molecule has 0 unspecified atom stereocenters. The van der Waals surface area contributed by atoms with Crippen molar-refractivity contribution in [2.24, 2.45) is 0 Å². The van der Waals surface area contributed by atoms with Crippen LogP contribution in [0.4, 0.5) is 4.39 Å². The van der Waals surface area contributed by atoms with E-state index in [0.29, 0.717) is 15.8 Å². The predicted octanol–water partition coefficient (Wildman–Crippen LogP) is 4.59. The van der Waals surface area contributed by atoms with E-state index in [9.17, 15) is 9.18 Å². The quantitative estimate of drug-likeness (QED) is 0.720. The van der Waals surface area contributed by atoms with E-state index in [1.54, 1.807) is 30.3 Å². The van der Waals surface area contributed by atoms with E-state index < -0.39 is 5.82 Å². The number of hydrogen-bond acceptors (Lipinski definition) is 2. The van der Waals surface area contributed by atoms with E-state index in [2.05, 4.69) is 31.9 Å². The highest BCUT2D eigenvalue weighted by Gasteiger charge is 2.16. The summed E-state index contributed by atoms with van der Waals surface area (Å²) in [5.74, 6) is -0.312. The summed E-state index contributed by atoms with van der Waals surface area (Å²) in [6.45, 7) is 0. The van der Waals surface area contributed by atoms with Gasteiger partial charge in [-0.3, -0.25) is 4.79 Å². The monoisotopic (exact) mass is 386 g/mol. The Balaban J connectivity index is 2.44. The van der Waals surface area contributed by atoms with Gasteiger partial charge in [-0.25, -0.2) is 4.39 Å². The third-order valence-electron chi connectivity index (χ3n) is 2.61. The lowest BCUT2D eigenvalue weighted by Gasteiger charge is -2.07.